The summed E-state index contributed by atoms with van der Waals surface area (Å²) < 4.78 is 7.33. The number of hydrogen-bond acceptors (Lipinski definition) is 5. The summed E-state index contributed by atoms with van der Waals surface area (Å²) in [5.41, 5.74) is 0.871. The van der Waals surface area contributed by atoms with Crippen molar-refractivity contribution in [2.45, 2.75) is 19.3 Å². The molecular weight excluding hydrogens is 284 g/mol. The van der Waals surface area contributed by atoms with Gasteiger partial charge in [-0.15, -0.1) is 0 Å². The van der Waals surface area contributed by atoms with E-state index in [0.29, 0.717) is 5.65 Å². The fraction of sp³-hybridized carbons (Fsp3) is 0.533. The van der Waals surface area contributed by atoms with Crippen molar-refractivity contribution in [3.8, 4) is 0 Å². The van der Waals surface area contributed by atoms with Crippen LogP contribution in [0.15, 0.2) is 18.6 Å². The van der Waals surface area contributed by atoms with E-state index in [-0.39, 0.29) is 11.1 Å². The van der Waals surface area contributed by atoms with Crippen molar-refractivity contribution in [1.82, 2.24) is 14.4 Å². The van der Waals surface area contributed by atoms with Gasteiger partial charge in [0.25, 0.3) is 0 Å². The molecule has 0 aliphatic carbocycles. The molecule has 0 amide bonds. The first-order chi connectivity index (χ1) is 10.7. The second-order valence-electron chi connectivity index (χ2n) is 6.24. The summed E-state index contributed by atoms with van der Waals surface area (Å²) in [6, 6.07) is 0. The van der Waals surface area contributed by atoms with Crippen LogP contribution in [0.1, 0.15) is 29.8 Å². The van der Waals surface area contributed by atoms with E-state index in [1.165, 1.54) is 12.6 Å². The van der Waals surface area contributed by atoms with Crippen molar-refractivity contribution < 1.29 is 14.6 Å². The Hall–Kier alpha value is -2.15. The largest absolute Gasteiger partial charge is 0.476 e. The van der Waals surface area contributed by atoms with Gasteiger partial charge in [0, 0.05) is 43.7 Å². The lowest BCUT2D eigenvalue weighted by Crippen LogP contribution is -2.44. The zero-order valence-electron chi connectivity index (χ0n) is 12.2. The minimum absolute atomic E-state index is 0.0465. The second kappa shape index (κ2) is 4.95. The molecule has 1 spiro atoms. The molecule has 7 nitrogen and oxygen atoms in total. The lowest BCUT2D eigenvalue weighted by Gasteiger charge is -2.40. The van der Waals surface area contributed by atoms with Gasteiger partial charge < -0.3 is 19.1 Å². The van der Waals surface area contributed by atoms with Gasteiger partial charge in [-0.05, 0) is 19.3 Å². The monoisotopic (exact) mass is 302 g/mol. The topological polar surface area (TPSA) is 80.0 Å². The number of hydrogen-bond donors (Lipinski definition) is 1. The summed E-state index contributed by atoms with van der Waals surface area (Å²) in [5.74, 6) is -0.255. The smallest absolute Gasteiger partial charge is 0.356 e. The Bertz CT molecular complexity index is 721. The van der Waals surface area contributed by atoms with Gasteiger partial charge in [0.2, 0.25) is 0 Å². The summed E-state index contributed by atoms with van der Waals surface area (Å²) in [5, 5.41) is 9.13. The van der Waals surface area contributed by atoms with Gasteiger partial charge in [0.1, 0.15) is 0 Å². The number of carboxylic acids is 1. The zero-order chi connectivity index (χ0) is 15.2. The minimum Gasteiger partial charge on any atom is -0.476 e. The lowest BCUT2D eigenvalue weighted by molar-refractivity contribution is 0.0691. The van der Waals surface area contributed by atoms with Gasteiger partial charge in [0.05, 0.1) is 6.61 Å². The van der Waals surface area contributed by atoms with Crippen LogP contribution in [0.3, 0.4) is 0 Å². The number of aromatic nitrogens is 3. The fourth-order valence-corrected chi connectivity index (χ4v) is 3.59. The molecule has 1 atom stereocenters. The maximum atomic E-state index is 11.1. The van der Waals surface area contributed by atoms with Crippen LogP contribution in [0.4, 0.5) is 5.82 Å². The highest BCUT2D eigenvalue weighted by Crippen LogP contribution is 2.39. The maximum absolute atomic E-state index is 11.1. The SMILES string of the molecule is O=C(O)c1cn2ccnc(N3CCCC4(CCOC4)C3)c2n1. The Morgan fingerprint density at radius 3 is 3.09 bits per heavy atom. The molecule has 2 aliphatic rings. The third-order valence-electron chi connectivity index (χ3n) is 4.72. The van der Waals surface area contributed by atoms with E-state index >= 15 is 0 Å². The predicted molar refractivity (Wildman–Crippen MR) is 79.3 cm³/mol. The van der Waals surface area contributed by atoms with Gasteiger partial charge >= 0.3 is 5.97 Å². The average molecular weight is 302 g/mol. The molecule has 4 rings (SSSR count). The van der Waals surface area contributed by atoms with Crippen LogP contribution in [0.2, 0.25) is 0 Å². The number of nitrogens with zero attached hydrogens (tertiary/aromatic N) is 4. The van der Waals surface area contributed by atoms with Gasteiger partial charge in [-0.1, -0.05) is 0 Å². The quantitative estimate of drug-likeness (QED) is 0.904. The Labute approximate surface area is 127 Å². The highest BCUT2D eigenvalue weighted by atomic mass is 16.5. The molecule has 1 N–H and O–H groups in total. The molecule has 2 aromatic rings. The third-order valence-corrected chi connectivity index (χ3v) is 4.72. The normalized spacial score (nSPS) is 25.2. The van der Waals surface area contributed by atoms with Crippen LogP contribution in [0.25, 0.3) is 5.65 Å². The van der Waals surface area contributed by atoms with Gasteiger partial charge in [-0.2, -0.15) is 0 Å². The number of carboxylic acid groups (broad SMARTS) is 1. The van der Waals surface area contributed by atoms with Crippen LogP contribution in [0, 0.1) is 5.41 Å². The van der Waals surface area contributed by atoms with Crippen LogP contribution >= 0.6 is 0 Å². The molecule has 2 aromatic heterocycles. The summed E-state index contributed by atoms with van der Waals surface area (Å²) in [4.78, 5) is 22.1. The van der Waals surface area contributed by atoms with Crippen molar-refractivity contribution in [3.63, 3.8) is 0 Å². The molecule has 0 aromatic carbocycles. The first-order valence-electron chi connectivity index (χ1n) is 7.57. The fourth-order valence-electron chi connectivity index (χ4n) is 3.59. The number of imidazole rings is 1. The summed E-state index contributed by atoms with van der Waals surface area (Å²) in [7, 11) is 0. The van der Waals surface area contributed by atoms with E-state index in [4.69, 9.17) is 9.84 Å². The first-order valence-corrected chi connectivity index (χ1v) is 7.57. The Balaban J connectivity index is 1.72. The van der Waals surface area contributed by atoms with E-state index in [2.05, 4.69) is 14.9 Å². The van der Waals surface area contributed by atoms with E-state index in [9.17, 15) is 4.79 Å². The van der Waals surface area contributed by atoms with Crippen molar-refractivity contribution in [2.75, 3.05) is 31.2 Å². The Kier molecular flexibility index (Phi) is 3.04. The molecule has 0 bridgehead atoms. The second-order valence-corrected chi connectivity index (χ2v) is 6.24. The highest BCUT2D eigenvalue weighted by molar-refractivity contribution is 5.87. The molecule has 1 unspecified atom stereocenters. The molecular formula is C15H18N4O3. The standard InChI is InChI=1S/C15H18N4O3/c20-14(21)11-8-18-6-4-16-12(13(18)17-11)19-5-1-2-15(9-19)3-7-22-10-15/h4,6,8H,1-3,5,7,9-10H2,(H,20,21). The zero-order valence-corrected chi connectivity index (χ0v) is 12.2. The highest BCUT2D eigenvalue weighted by Gasteiger charge is 2.39. The Morgan fingerprint density at radius 2 is 2.32 bits per heavy atom. The average Bonchev–Trinajstić information content (AvgIpc) is 3.14. The van der Waals surface area contributed by atoms with Crippen molar-refractivity contribution in [3.05, 3.63) is 24.3 Å². The molecule has 116 valence electrons. The van der Waals surface area contributed by atoms with E-state index in [0.717, 1.165) is 45.0 Å². The molecule has 4 heterocycles. The molecule has 0 saturated carbocycles. The third kappa shape index (κ3) is 2.12. The van der Waals surface area contributed by atoms with E-state index < -0.39 is 5.97 Å². The summed E-state index contributed by atoms with van der Waals surface area (Å²) in [6.45, 7) is 3.46. The van der Waals surface area contributed by atoms with Gasteiger partial charge in [-0.3, -0.25) is 0 Å². The number of anilines is 1. The van der Waals surface area contributed by atoms with Crippen LogP contribution < -0.4 is 4.90 Å². The van der Waals surface area contributed by atoms with Crippen molar-refractivity contribution in [1.29, 1.82) is 0 Å². The van der Waals surface area contributed by atoms with Crippen molar-refractivity contribution in [2.24, 2.45) is 5.41 Å². The predicted octanol–water partition coefficient (Wildman–Crippen LogP) is 1.43. The summed E-state index contributed by atoms with van der Waals surface area (Å²) >= 11 is 0. The number of ether oxygens (including phenoxy) is 1. The molecule has 2 fully saturated rings. The van der Waals surface area contributed by atoms with Crippen LogP contribution in [0.5, 0.6) is 0 Å². The number of rotatable bonds is 2. The molecule has 2 aliphatic heterocycles. The van der Waals surface area contributed by atoms with Crippen molar-refractivity contribution >= 4 is 17.4 Å². The van der Waals surface area contributed by atoms with E-state index in [1.54, 1.807) is 16.8 Å². The van der Waals surface area contributed by atoms with Crippen LogP contribution in [-0.2, 0) is 4.74 Å². The van der Waals surface area contributed by atoms with Gasteiger partial charge in [-0.25, -0.2) is 14.8 Å². The summed E-state index contributed by atoms with van der Waals surface area (Å²) in [6.07, 6.45) is 8.32. The molecule has 2 saturated heterocycles. The van der Waals surface area contributed by atoms with E-state index in [1.807, 2.05) is 0 Å². The molecule has 0 radical (unpaired) electrons. The molecule has 7 heteroatoms. The number of carbonyl (C=O) groups is 1. The lowest BCUT2D eigenvalue weighted by atomic mass is 9.79. The number of aromatic carboxylic acids is 1. The minimum atomic E-state index is -1.02. The maximum Gasteiger partial charge on any atom is 0.356 e. The Morgan fingerprint density at radius 1 is 1.41 bits per heavy atom. The number of piperidine rings is 1. The number of fused-ring (bicyclic) bond motifs is 1. The van der Waals surface area contributed by atoms with Crippen LogP contribution in [-0.4, -0.2) is 51.7 Å². The van der Waals surface area contributed by atoms with Gasteiger partial charge in [0.15, 0.2) is 17.2 Å². The first kappa shape index (κ1) is 13.5. The molecule has 22 heavy (non-hydrogen) atoms.